The van der Waals surface area contributed by atoms with Crippen LogP contribution in [0, 0.1) is 0 Å². The Bertz CT molecular complexity index is 648. The van der Waals surface area contributed by atoms with Crippen molar-refractivity contribution >= 4 is 41.3 Å². The Kier molecular flexibility index (Phi) is 11.5. The maximum atomic E-state index is 9.66. The molecule has 26 heavy (non-hydrogen) atoms. The number of aryl methyl sites for hydroxylation is 1. The minimum atomic E-state index is 0. The molecule has 1 heterocycles. The van der Waals surface area contributed by atoms with Crippen molar-refractivity contribution in [2.45, 2.75) is 32.6 Å². The van der Waals surface area contributed by atoms with Gasteiger partial charge in [0.05, 0.1) is 18.2 Å². The van der Waals surface area contributed by atoms with Gasteiger partial charge in [-0.05, 0) is 18.9 Å². The van der Waals surface area contributed by atoms with Gasteiger partial charge >= 0.3 is 0 Å². The average molecular weight is 488 g/mol. The van der Waals surface area contributed by atoms with Crippen LogP contribution in [-0.4, -0.2) is 42.3 Å². The molecule has 1 aromatic carbocycles. The van der Waals surface area contributed by atoms with Gasteiger partial charge in [0.15, 0.2) is 5.96 Å². The zero-order valence-corrected chi connectivity index (χ0v) is 18.6. The molecule has 0 aliphatic carbocycles. The fourth-order valence-corrected chi connectivity index (χ4v) is 3.31. The maximum absolute atomic E-state index is 9.66. The first-order valence-corrected chi connectivity index (χ1v) is 9.70. The average Bonchev–Trinajstić information content (AvgIpc) is 3.11. The van der Waals surface area contributed by atoms with E-state index in [1.165, 1.54) is 4.88 Å². The molecule has 0 aliphatic heterocycles. The number of rotatable bonds is 9. The van der Waals surface area contributed by atoms with Crippen LogP contribution < -0.4 is 10.6 Å². The number of nitrogens with zero attached hydrogens (tertiary/aromatic N) is 2. The highest BCUT2D eigenvalue weighted by molar-refractivity contribution is 14.0. The van der Waals surface area contributed by atoms with Crippen molar-refractivity contribution < 1.29 is 5.11 Å². The van der Waals surface area contributed by atoms with Crippen LogP contribution in [-0.2, 0) is 12.8 Å². The third-order valence-electron chi connectivity index (χ3n) is 3.89. The highest BCUT2D eigenvalue weighted by Crippen LogP contribution is 2.15. The van der Waals surface area contributed by atoms with Crippen LogP contribution in [0.25, 0.3) is 0 Å². The number of thiazole rings is 1. The Morgan fingerprint density at radius 1 is 1.23 bits per heavy atom. The van der Waals surface area contributed by atoms with Crippen LogP contribution in [0.5, 0.6) is 0 Å². The normalized spacial score (nSPS) is 12.3. The second-order valence-corrected chi connectivity index (χ2v) is 6.96. The van der Waals surface area contributed by atoms with Crippen LogP contribution in [0.1, 0.15) is 35.2 Å². The Morgan fingerprint density at radius 2 is 2.00 bits per heavy atom. The number of aromatic nitrogens is 1. The smallest absolute Gasteiger partial charge is 0.191 e. The summed E-state index contributed by atoms with van der Waals surface area (Å²) in [4.78, 5) is 10.4. The molecule has 0 saturated heterocycles. The minimum Gasteiger partial charge on any atom is -0.396 e. The van der Waals surface area contributed by atoms with E-state index < -0.39 is 0 Å². The molecule has 5 nitrogen and oxygen atoms in total. The predicted molar refractivity (Wildman–Crippen MR) is 121 cm³/mol. The predicted octanol–water partition coefficient (Wildman–Crippen LogP) is 3.20. The number of guanidine groups is 1. The van der Waals surface area contributed by atoms with Crippen LogP contribution in [0.4, 0.5) is 0 Å². The highest BCUT2D eigenvalue weighted by Gasteiger charge is 2.10. The van der Waals surface area contributed by atoms with Gasteiger partial charge in [0.25, 0.3) is 0 Å². The fraction of sp³-hybridized carbons (Fsp3) is 0.474. The van der Waals surface area contributed by atoms with Gasteiger partial charge in [-0.1, -0.05) is 37.3 Å². The Balaban J connectivity index is 0.00000338. The summed E-state index contributed by atoms with van der Waals surface area (Å²) in [6.07, 6.45) is 3.89. The summed E-state index contributed by atoms with van der Waals surface area (Å²) in [6.45, 7) is 6.43. The van der Waals surface area contributed by atoms with Gasteiger partial charge in [-0.3, -0.25) is 4.99 Å². The minimum absolute atomic E-state index is 0. The van der Waals surface area contributed by atoms with E-state index in [9.17, 15) is 5.11 Å². The third-order valence-corrected chi connectivity index (χ3v) is 5.09. The molecule has 7 heteroatoms. The van der Waals surface area contributed by atoms with E-state index in [2.05, 4.69) is 27.5 Å². The molecule has 2 rings (SSSR count). The van der Waals surface area contributed by atoms with E-state index in [-0.39, 0.29) is 36.5 Å². The van der Waals surface area contributed by atoms with Gasteiger partial charge in [-0.2, -0.15) is 0 Å². The molecule has 1 atom stereocenters. The molecule has 0 fully saturated rings. The molecule has 0 bridgehead atoms. The van der Waals surface area contributed by atoms with Crippen LogP contribution in [0.3, 0.4) is 0 Å². The number of aliphatic hydroxyl groups excluding tert-OH is 1. The molecule has 1 unspecified atom stereocenters. The first-order valence-electron chi connectivity index (χ1n) is 8.88. The van der Waals surface area contributed by atoms with E-state index in [1.807, 2.05) is 43.5 Å². The summed E-state index contributed by atoms with van der Waals surface area (Å²) in [5.41, 5.74) is 1.11. The van der Waals surface area contributed by atoms with Crippen LogP contribution in [0.2, 0.25) is 0 Å². The summed E-state index contributed by atoms with van der Waals surface area (Å²) in [5.74, 6) is 0.798. The van der Waals surface area contributed by atoms with Crippen molar-refractivity contribution in [3.63, 3.8) is 0 Å². The number of aliphatic hydroxyl groups is 1. The molecule has 0 saturated carbocycles. The summed E-state index contributed by atoms with van der Waals surface area (Å²) in [5, 5.41) is 17.4. The molecule has 3 N–H and O–H groups in total. The first kappa shape index (κ1) is 22.9. The van der Waals surface area contributed by atoms with Gasteiger partial charge in [-0.15, -0.1) is 35.3 Å². The van der Waals surface area contributed by atoms with Gasteiger partial charge in [0, 0.05) is 36.5 Å². The lowest BCUT2D eigenvalue weighted by atomic mass is 10.0. The second-order valence-electron chi connectivity index (χ2n) is 5.76. The van der Waals surface area contributed by atoms with Crippen LogP contribution in [0.15, 0.2) is 41.5 Å². The lowest BCUT2D eigenvalue weighted by Gasteiger charge is -2.15. The summed E-state index contributed by atoms with van der Waals surface area (Å²) in [7, 11) is 0. The second kappa shape index (κ2) is 13.1. The topological polar surface area (TPSA) is 69.5 Å². The zero-order chi connectivity index (χ0) is 17.9. The standard InChI is InChI=1S/C19H28N4OS.HI/c1-3-17-13-22-18(25-17)10-11-21-19(20-4-2)23-12-16(14-24)15-8-6-5-7-9-15;/h5-9,13,16,24H,3-4,10-12,14H2,1-2H3,(H2,20,21,23);1H. The quantitative estimate of drug-likeness (QED) is 0.288. The van der Waals surface area contributed by atoms with Crippen molar-refractivity contribution in [2.24, 2.45) is 4.99 Å². The number of benzene rings is 1. The van der Waals surface area contributed by atoms with E-state index >= 15 is 0 Å². The summed E-state index contributed by atoms with van der Waals surface area (Å²) < 4.78 is 0. The zero-order valence-electron chi connectivity index (χ0n) is 15.4. The van der Waals surface area contributed by atoms with Crippen molar-refractivity contribution in [3.05, 3.63) is 52.0 Å². The third kappa shape index (κ3) is 7.59. The van der Waals surface area contributed by atoms with Crippen molar-refractivity contribution in [3.8, 4) is 0 Å². The molecule has 0 aliphatic rings. The maximum Gasteiger partial charge on any atom is 0.191 e. The number of hydrogen-bond donors (Lipinski definition) is 3. The summed E-state index contributed by atoms with van der Waals surface area (Å²) >= 11 is 1.77. The fourth-order valence-electron chi connectivity index (χ4n) is 2.45. The molecule has 144 valence electrons. The van der Waals surface area contributed by atoms with E-state index in [4.69, 9.17) is 0 Å². The van der Waals surface area contributed by atoms with Crippen molar-refractivity contribution in [2.75, 3.05) is 26.2 Å². The molecule has 0 radical (unpaired) electrons. The lowest BCUT2D eigenvalue weighted by Crippen LogP contribution is -2.38. The van der Waals surface area contributed by atoms with Gasteiger partial charge in [0.1, 0.15) is 0 Å². The SMILES string of the molecule is CCNC(=NCC(CO)c1ccccc1)NCCc1ncc(CC)s1.I. The van der Waals surface area contributed by atoms with Gasteiger partial charge in [-0.25, -0.2) is 4.98 Å². The first-order chi connectivity index (χ1) is 12.3. The molecular weight excluding hydrogens is 459 g/mol. The Morgan fingerprint density at radius 3 is 2.62 bits per heavy atom. The van der Waals surface area contributed by atoms with Crippen molar-refractivity contribution in [1.29, 1.82) is 0 Å². The van der Waals surface area contributed by atoms with E-state index in [1.54, 1.807) is 11.3 Å². The molecule has 2 aromatic rings. The molecule has 0 spiro atoms. The molecule has 0 amide bonds. The van der Waals surface area contributed by atoms with Gasteiger partial charge < -0.3 is 15.7 Å². The number of hydrogen-bond acceptors (Lipinski definition) is 4. The summed E-state index contributed by atoms with van der Waals surface area (Å²) in [6, 6.07) is 10.0. The molecule has 1 aromatic heterocycles. The lowest BCUT2D eigenvalue weighted by molar-refractivity contribution is 0.268. The van der Waals surface area contributed by atoms with E-state index in [0.717, 1.165) is 42.5 Å². The number of nitrogens with one attached hydrogen (secondary N) is 2. The monoisotopic (exact) mass is 488 g/mol. The van der Waals surface area contributed by atoms with E-state index in [0.29, 0.717) is 6.54 Å². The molecular formula is C19H29IN4OS. The van der Waals surface area contributed by atoms with Crippen LogP contribution >= 0.6 is 35.3 Å². The number of aliphatic imine (C=N–C) groups is 1. The highest BCUT2D eigenvalue weighted by atomic mass is 127. The Labute approximate surface area is 177 Å². The van der Waals surface area contributed by atoms with Crippen molar-refractivity contribution in [1.82, 2.24) is 15.6 Å². The largest absolute Gasteiger partial charge is 0.396 e. The van der Waals surface area contributed by atoms with Gasteiger partial charge in [0.2, 0.25) is 0 Å². The Hall–Kier alpha value is -1.19. The number of halogens is 1.